The van der Waals surface area contributed by atoms with E-state index in [0.29, 0.717) is 11.5 Å². The molecule has 1 aliphatic carbocycles. The Morgan fingerprint density at radius 1 is 1.22 bits per heavy atom. The Morgan fingerprint density at radius 3 is 2.28 bits per heavy atom. The molecule has 1 unspecified atom stereocenters. The second-order valence-electron chi connectivity index (χ2n) is 7.02. The molecule has 108 valence electrons. The molecule has 1 saturated carbocycles. The topological polar surface area (TPSA) is 15.3 Å². The zero-order valence-electron chi connectivity index (χ0n) is 13.3. The quantitative estimate of drug-likeness (QED) is 0.713. The van der Waals surface area contributed by atoms with Crippen molar-refractivity contribution < 1.29 is 0 Å². The average Bonchev–Trinajstić information content (AvgIpc) is 2.24. The van der Waals surface area contributed by atoms with E-state index in [0.717, 1.165) is 12.5 Å². The molecule has 2 heteroatoms. The lowest BCUT2D eigenvalue weighted by Gasteiger charge is -2.38. The van der Waals surface area contributed by atoms with Crippen molar-refractivity contribution in [1.82, 2.24) is 10.2 Å². The van der Waals surface area contributed by atoms with Crippen LogP contribution < -0.4 is 5.32 Å². The predicted molar refractivity (Wildman–Crippen MR) is 81.0 cm³/mol. The summed E-state index contributed by atoms with van der Waals surface area (Å²) in [7, 11) is 0. The summed E-state index contributed by atoms with van der Waals surface area (Å²) >= 11 is 0. The maximum atomic E-state index is 3.74. The summed E-state index contributed by atoms with van der Waals surface area (Å²) < 4.78 is 0. The van der Waals surface area contributed by atoms with Crippen molar-refractivity contribution in [1.29, 1.82) is 0 Å². The minimum Gasteiger partial charge on any atom is -0.312 e. The van der Waals surface area contributed by atoms with E-state index in [9.17, 15) is 0 Å². The van der Waals surface area contributed by atoms with Crippen molar-refractivity contribution in [3.8, 4) is 0 Å². The fourth-order valence-electron chi connectivity index (χ4n) is 2.59. The van der Waals surface area contributed by atoms with Gasteiger partial charge in [-0.15, -0.1) is 0 Å². The highest BCUT2D eigenvalue weighted by Crippen LogP contribution is 2.28. The lowest BCUT2D eigenvalue weighted by molar-refractivity contribution is 0.137. The van der Waals surface area contributed by atoms with E-state index in [1.807, 2.05) is 0 Å². The van der Waals surface area contributed by atoms with Crippen LogP contribution in [-0.2, 0) is 0 Å². The van der Waals surface area contributed by atoms with Crippen molar-refractivity contribution in [2.45, 2.75) is 66.3 Å². The number of nitrogens with one attached hydrogen (secondary N) is 1. The van der Waals surface area contributed by atoms with E-state index in [4.69, 9.17) is 0 Å². The Hall–Kier alpha value is -0.0800. The van der Waals surface area contributed by atoms with Gasteiger partial charge in [0.05, 0.1) is 0 Å². The minimum atomic E-state index is 0.349. The highest BCUT2D eigenvalue weighted by atomic mass is 15.2. The number of hydrogen-bond acceptors (Lipinski definition) is 2. The van der Waals surface area contributed by atoms with Gasteiger partial charge in [-0.2, -0.15) is 0 Å². The summed E-state index contributed by atoms with van der Waals surface area (Å²) in [4.78, 5) is 2.66. The van der Waals surface area contributed by atoms with E-state index < -0.39 is 0 Å². The third kappa shape index (κ3) is 5.27. The summed E-state index contributed by atoms with van der Waals surface area (Å²) in [6.07, 6.45) is 5.60. The molecule has 1 rings (SSSR count). The van der Waals surface area contributed by atoms with Gasteiger partial charge in [-0.25, -0.2) is 0 Å². The smallest absolute Gasteiger partial charge is 0.0243 e. The molecule has 0 aromatic carbocycles. The zero-order chi connectivity index (χ0) is 13.6. The summed E-state index contributed by atoms with van der Waals surface area (Å²) in [6.45, 7) is 16.5. The second-order valence-corrected chi connectivity index (χ2v) is 7.02. The Kier molecular flexibility index (Phi) is 6.65. The lowest BCUT2D eigenvalue weighted by Crippen LogP contribution is -2.50. The highest BCUT2D eigenvalue weighted by Gasteiger charge is 2.27. The van der Waals surface area contributed by atoms with Gasteiger partial charge in [-0.05, 0) is 43.7 Å². The number of hydrogen-bond donors (Lipinski definition) is 1. The van der Waals surface area contributed by atoms with E-state index in [1.165, 1.54) is 45.3 Å². The number of likely N-dealkylation sites (N-methyl/N-ethyl adjacent to an activating group) is 1. The van der Waals surface area contributed by atoms with Crippen LogP contribution in [0.5, 0.6) is 0 Å². The van der Waals surface area contributed by atoms with Crippen LogP contribution in [0.15, 0.2) is 0 Å². The highest BCUT2D eigenvalue weighted by molar-refractivity contribution is 4.84. The average molecular weight is 254 g/mol. The molecule has 2 nitrogen and oxygen atoms in total. The van der Waals surface area contributed by atoms with Crippen LogP contribution in [0, 0.1) is 11.3 Å². The molecule has 0 heterocycles. The summed E-state index contributed by atoms with van der Waals surface area (Å²) in [5.41, 5.74) is 0.349. The standard InChI is InChI=1S/C16H34N2/c1-6-11-17-15(16(3,4)5)13-18(7-2)12-14-9-8-10-14/h14-15,17H,6-13H2,1-5H3. The fraction of sp³-hybridized carbons (Fsp3) is 1.00. The van der Waals surface area contributed by atoms with Crippen LogP contribution in [0.1, 0.15) is 60.3 Å². The summed E-state index contributed by atoms with van der Waals surface area (Å²) in [5.74, 6) is 0.983. The van der Waals surface area contributed by atoms with Gasteiger partial charge in [0.15, 0.2) is 0 Å². The minimum absolute atomic E-state index is 0.349. The monoisotopic (exact) mass is 254 g/mol. The molecule has 0 saturated heterocycles. The molecular weight excluding hydrogens is 220 g/mol. The molecule has 0 amide bonds. The fourth-order valence-corrected chi connectivity index (χ4v) is 2.59. The molecule has 0 spiro atoms. The molecule has 0 bridgehead atoms. The van der Waals surface area contributed by atoms with Gasteiger partial charge in [-0.3, -0.25) is 0 Å². The van der Waals surface area contributed by atoms with Crippen molar-refractivity contribution in [2.75, 3.05) is 26.2 Å². The Bertz CT molecular complexity index is 216. The van der Waals surface area contributed by atoms with E-state index >= 15 is 0 Å². The van der Waals surface area contributed by atoms with Gasteiger partial charge in [-0.1, -0.05) is 41.0 Å². The van der Waals surface area contributed by atoms with Crippen LogP contribution in [0.2, 0.25) is 0 Å². The van der Waals surface area contributed by atoms with Crippen LogP contribution in [0.25, 0.3) is 0 Å². The van der Waals surface area contributed by atoms with Gasteiger partial charge in [0.2, 0.25) is 0 Å². The van der Waals surface area contributed by atoms with Crippen LogP contribution >= 0.6 is 0 Å². The first-order valence-electron chi connectivity index (χ1n) is 7.93. The Balaban J connectivity index is 2.44. The molecule has 1 aliphatic rings. The Morgan fingerprint density at radius 2 is 1.89 bits per heavy atom. The van der Waals surface area contributed by atoms with Crippen LogP contribution in [-0.4, -0.2) is 37.1 Å². The van der Waals surface area contributed by atoms with Gasteiger partial charge >= 0.3 is 0 Å². The third-order valence-corrected chi connectivity index (χ3v) is 4.32. The largest absolute Gasteiger partial charge is 0.312 e. The number of nitrogens with zero attached hydrogens (tertiary/aromatic N) is 1. The van der Waals surface area contributed by atoms with Gasteiger partial charge in [0.1, 0.15) is 0 Å². The Labute approximate surface area is 115 Å². The van der Waals surface area contributed by atoms with Crippen molar-refractivity contribution >= 4 is 0 Å². The van der Waals surface area contributed by atoms with Gasteiger partial charge in [0.25, 0.3) is 0 Å². The molecule has 18 heavy (non-hydrogen) atoms. The summed E-state index contributed by atoms with van der Waals surface area (Å²) in [5, 5.41) is 3.74. The van der Waals surface area contributed by atoms with E-state index in [-0.39, 0.29) is 0 Å². The maximum Gasteiger partial charge on any atom is 0.0243 e. The van der Waals surface area contributed by atoms with Gasteiger partial charge in [0, 0.05) is 19.1 Å². The van der Waals surface area contributed by atoms with Crippen molar-refractivity contribution in [2.24, 2.45) is 11.3 Å². The molecule has 0 aromatic heterocycles. The summed E-state index contributed by atoms with van der Waals surface area (Å²) in [6, 6.07) is 0.609. The maximum absolute atomic E-state index is 3.74. The lowest BCUT2D eigenvalue weighted by atomic mass is 9.83. The SMILES string of the molecule is CCCNC(CN(CC)CC1CCC1)C(C)(C)C. The third-order valence-electron chi connectivity index (χ3n) is 4.32. The predicted octanol–water partition coefficient (Wildman–Crippen LogP) is 3.52. The normalized spacial score (nSPS) is 19.0. The number of rotatable bonds is 8. The zero-order valence-corrected chi connectivity index (χ0v) is 13.3. The first-order chi connectivity index (χ1) is 8.47. The van der Waals surface area contributed by atoms with Crippen molar-refractivity contribution in [3.05, 3.63) is 0 Å². The molecule has 0 radical (unpaired) electrons. The molecule has 0 aromatic rings. The van der Waals surface area contributed by atoms with Gasteiger partial charge < -0.3 is 10.2 Å². The van der Waals surface area contributed by atoms with Crippen LogP contribution in [0.3, 0.4) is 0 Å². The second kappa shape index (κ2) is 7.49. The molecule has 1 fully saturated rings. The molecular formula is C16H34N2. The van der Waals surface area contributed by atoms with E-state index in [1.54, 1.807) is 0 Å². The molecule has 0 aliphatic heterocycles. The van der Waals surface area contributed by atoms with E-state index in [2.05, 4.69) is 44.8 Å². The van der Waals surface area contributed by atoms with Crippen molar-refractivity contribution in [3.63, 3.8) is 0 Å². The first kappa shape index (κ1) is 16.0. The van der Waals surface area contributed by atoms with Crippen LogP contribution in [0.4, 0.5) is 0 Å². The first-order valence-corrected chi connectivity index (χ1v) is 7.93. The molecule has 1 N–H and O–H groups in total. The molecule has 1 atom stereocenters.